The largest absolute Gasteiger partial charge is 0.481 e. The lowest BCUT2D eigenvalue weighted by Gasteiger charge is -2.31. The van der Waals surface area contributed by atoms with Crippen LogP contribution in [-0.4, -0.2) is 28.2 Å². The van der Waals surface area contributed by atoms with Crippen molar-refractivity contribution in [2.45, 2.75) is 38.2 Å². The van der Waals surface area contributed by atoms with Crippen molar-refractivity contribution in [1.29, 1.82) is 0 Å². The van der Waals surface area contributed by atoms with Gasteiger partial charge in [0.2, 0.25) is 5.91 Å². The van der Waals surface area contributed by atoms with Crippen LogP contribution < -0.4 is 5.73 Å². The number of hydrogen-bond acceptors (Lipinski definition) is 3. The Morgan fingerprint density at radius 3 is 2.40 bits per heavy atom. The molecule has 5 heteroatoms. The molecule has 0 saturated heterocycles. The monoisotopic (exact) mass is 215 g/mol. The highest BCUT2D eigenvalue weighted by Crippen LogP contribution is 2.32. The van der Waals surface area contributed by atoms with Gasteiger partial charge in [-0.1, -0.05) is 12.8 Å². The maximum atomic E-state index is 11.0. The predicted molar refractivity (Wildman–Crippen MR) is 52.9 cm³/mol. The van der Waals surface area contributed by atoms with Crippen LogP contribution >= 0.6 is 0 Å². The third-order valence-electron chi connectivity index (χ3n) is 3.04. The molecule has 15 heavy (non-hydrogen) atoms. The molecule has 1 saturated carbocycles. The molecule has 1 aliphatic carbocycles. The second kappa shape index (κ2) is 5.11. The summed E-state index contributed by atoms with van der Waals surface area (Å²) in [6.07, 6.45) is 2.31. The smallest absolute Gasteiger partial charge is 0.307 e. The molecule has 0 aromatic carbocycles. The molecule has 1 rings (SSSR count). The minimum absolute atomic E-state index is 0.183. The van der Waals surface area contributed by atoms with Crippen LogP contribution in [0.1, 0.15) is 32.1 Å². The maximum absolute atomic E-state index is 11.0. The molecule has 3 atom stereocenters. The summed E-state index contributed by atoms with van der Waals surface area (Å²) in [7, 11) is 0. The molecule has 0 aliphatic heterocycles. The summed E-state index contributed by atoms with van der Waals surface area (Å²) in [4.78, 5) is 21.7. The molecule has 0 heterocycles. The molecule has 4 N–H and O–H groups in total. The van der Waals surface area contributed by atoms with Crippen LogP contribution in [0.3, 0.4) is 0 Å². The van der Waals surface area contributed by atoms with Crippen molar-refractivity contribution in [3.8, 4) is 0 Å². The topological polar surface area (TPSA) is 101 Å². The fourth-order valence-electron chi connectivity index (χ4n) is 2.25. The number of hydrogen-bond donors (Lipinski definition) is 3. The highest BCUT2D eigenvalue weighted by Gasteiger charge is 2.35. The zero-order chi connectivity index (χ0) is 11.4. The first-order valence-electron chi connectivity index (χ1n) is 5.21. The normalized spacial score (nSPS) is 28.3. The van der Waals surface area contributed by atoms with Gasteiger partial charge < -0.3 is 15.9 Å². The summed E-state index contributed by atoms with van der Waals surface area (Å²) in [5.41, 5.74) is 5.00. The molecule has 0 radical (unpaired) electrons. The van der Waals surface area contributed by atoms with Crippen LogP contribution in [0.2, 0.25) is 0 Å². The fourth-order valence-corrected chi connectivity index (χ4v) is 2.25. The lowest BCUT2D eigenvalue weighted by molar-refractivity contribution is -0.148. The number of rotatable bonds is 4. The molecule has 0 aromatic rings. The average molecular weight is 215 g/mol. The summed E-state index contributed by atoms with van der Waals surface area (Å²) in [6, 6.07) is 0. The summed E-state index contributed by atoms with van der Waals surface area (Å²) in [5.74, 6) is -2.83. The van der Waals surface area contributed by atoms with Crippen LogP contribution in [0.5, 0.6) is 0 Å². The Morgan fingerprint density at radius 2 is 1.93 bits per heavy atom. The number of amides is 1. The lowest BCUT2D eigenvalue weighted by Crippen LogP contribution is -2.37. The predicted octanol–water partition coefficient (Wildman–Crippen LogP) is 0.114. The van der Waals surface area contributed by atoms with E-state index in [1.54, 1.807) is 0 Å². The minimum atomic E-state index is -1.04. The van der Waals surface area contributed by atoms with E-state index in [-0.39, 0.29) is 12.3 Å². The molecular weight excluding hydrogens is 198 g/mol. The molecule has 0 spiro atoms. The van der Waals surface area contributed by atoms with Crippen molar-refractivity contribution in [1.82, 2.24) is 0 Å². The van der Waals surface area contributed by atoms with Crippen molar-refractivity contribution in [3.63, 3.8) is 0 Å². The SMILES string of the molecule is NC(=O)CC(C(=O)O)[C@H]1CCCC[C@H]1O. The first-order valence-corrected chi connectivity index (χ1v) is 5.21. The molecule has 1 unspecified atom stereocenters. The maximum Gasteiger partial charge on any atom is 0.307 e. The lowest BCUT2D eigenvalue weighted by atomic mass is 9.76. The quantitative estimate of drug-likeness (QED) is 0.619. The van der Waals surface area contributed by atoms with E-state index in [9.17, 15) is 14.7 Å². The number of nitrogens with two attached hydrogens (primary N) is 1. The van der Waals surface area contributed by atoms with Gasteiger partial charge in [-0.2, -0.15) is 0 Å². The van der Waals surface area contributed by atoms with Gasteiger partial charge in [0.25, 0.3) is 0 Å². The zero-order valence-electron chi connectivity index (χ0n) is 8.56. The van der Waals surface area contributed by atoms with Gasteiger partial charge in [-0.25, -0.2) is 0 Å². The number of carbonyl (C=O) groups excluding carboxylic acids is 1. The van der Waals surface area contributed by atoms with Gasteiger partial charge in [0.05, 0.1) is 12.0 Å². The number of primary amides is 1. The van der Waals surface area contributed by atoms with E-state index in [0.29, 0.717) is 12.8 Å². The van der Waals surface area contributed by atoms with Gasteiger partial charge in [0.15, 0.2) is 0 Å². The number of carbonyl (C=O) groups is 2. The van der Waals surface area contributed by atoms with E-state index in [2.05, 4.69) is 0 Å². The van der Waals surface area contributed by atoms with E-state index in [0.717, 1.165) is 12.8 Å². The van der Waals surface area contributed by atoms with Crippen molar-refractivity contribution in [2.75, 3.05) is 0 Å². The van der Waals surface area contributed by atoms with Gasteiger partial charge in [-0.15, -0.1) is 0 Å². The van der Waals surface area contributed by atoms with Gasteiger partial charge in [-0.05, 0) is 18.8 Å². The van der Waals surface area contributed by atoms with Gasteiger partial charge in [-0.3, -0.25) is 9.59 Å². The van der Waals surface area contributed by atoms with E-state index in [4.69, 9.17) is 10.8 Å². The Labute approximate surface area is 88.3 Å². The third-order valence-corrected chi connectivity index (χ3v) is 3.04. The summed E-state index contributed by atoms with van der Waals surface area (Å²) >= 11 is 0. The second-order valence-electron chi connectivity index (χ2n) is 4.13. The molecule has 1 aliphatic rings. The molecule has 0 aromatic heterocycles. The van der Waals surface area contributed by atoms with Crippen molar-refractivity contribution < 1.29 is 19.8 Å². The molecular formula is C10H17NO4. The summed E-state index contributed by atoms with van der Waals surface area (Å²) in [5, 5.41) is 18.7. The standard InChI is InChI=1S/C10H17NO4/c11-9(13)5-7(10(14)15)6-3-1-2-4-8(6)12/h6-8,12H,1-5H2,(H2,11,13)(H,14,15)/t6-,7?,8-/m1/s1. The van der Waals surface area contributed by atoms with Crippen LogP contribution in [-0.2, 0) is 9.59 Å². The zero-order valence-corrected chi connectivity index (χ0v) is 8.56. The Bertz CT molecular complexity index is 254. The van der Waals surface area contributed by atoms with Gasteiger partial charge >= 0.3 is 5.97 Å². The average Bonchev–Trinajstić information content (AvgIpc) is 2.15. The van der Waals surface area contributed by atoms with E-state index in [1.165, 1.54) is 0 Å². The number of carboxylic acid groups (broad SMARTS) is 1. The first-order chi connectivity index (χ1) is 7.02. The highest BCUT2D eigenvalue weighted by molar-refractivity contribution is 5.81. The number of aliphatic hydroxyl groups is 1. The van der Waals surface area contributed by atoms with E-state index >= 15 is 0 Å². The van der Waals surface area contributed by atoms with Crippen LogP contribution in [0.4, 0.5) is 0 Å². The number of aliphatic hydroxyl groups excluding tert-OH is 1. The van der Waals surface area contributed by atoms with Crippen molar-refractivity contribution in [2.24, 2.45) is 17.6 Å². The summed E-state index contributed by atoms with van der Waals surface area (Å²) < 4.78 is 0. The van der Waals surface area contributed by atoms with Gasteiger partial charge in [0.1, 0.15) is 0 Å². The molecule has 0 bridgehead atoms. The molecule has 1 fully saturated rings. The second-order valence-corrected chi connectivity index (χ2v) is 4.13. The Hall–Kier alpha value is -1.10. The van der Waals surface area contributed by atoms with Crippen LogP contribution in [0.25, 0.3) is 0 Å². The molecule has 1 amide bonds. The van der Waals surface area contributed by atoms with Crippen molar-refractivity contribution >= 4 is 11.9 Å². The van der Waals surface area contributed by atoms with Crippen LogP contribution in [0, 0.1) is 11.8 Å². The third kappa shape index (κ3) is 3.20. The molecule has 86 valence electrons. The Morgan fingerprint density at radius 1 is 1.33 bits per heavy atom. The summed E-state index contributed by atoms with van der Waals surface area (Å²) in [6.45, 7) is 0. The molecule has 5 nitrogen and oxygen atoms in total. The Balaban J connectivity index is 2.68. The van der Waals surface area contributed by atoms with Gasteiger partial charge in [0, 0.05) is 6.42 Å². The van der Waals surface area contributed by atoms with E-state index < -0.39 is 23.9 Å². The highest BCUT2D eigenvalue weighted by atomic mass is 16.4. The number of aliphatic carboxylic acids is 1. The minimum Gasteiger partial charge on any atom is -0.481 e. The van der Waals surface area contributed by atoms with E-state index in [1.807, 2.05) is 0 Å². The number of carboxylic acids is 1. The Kier molecular flexibility index (Phi) is 4.08. The van der Waals surface area contributed by atoms with Crippen LogP contribution in [0.15, 0.2) is 0 Å². The first kappa shape index (κ1) is 12.0. The fraction of sp³-hybridized carbons (Fsp3) is 0.800. The van der Waals surface area contributed by atoms with Crippen molar-refractivity contribution in [3.05, 3.63) is 0 Å².